The standard InChI is InChI=1S/C20H27NO4/c1-2-25-16-10-8-14(9-11-16)19-17(20(23)24)12-13-18(22)21(19)15-6-4-3-5-7-15/h8-11,15,17,19H,2-7,12-13H2,1H3,(H,23,24)/p-1/t17-,19+/m1/s1. The van der Waals surface area contributed by atoms with Crippen LogP contribution in [0.3, 0.4) is 0 Å². The van der Waals surface area contributed by atoms with Crippen molar-refractivity contribution >= 4 is 11.9 Å². The number of benzene rings is 1. The summed E-state index contributed by atoms with van der Waals surface area (Å²) in [6, 6.07) is 7.18. The smallest absolute Gasteiger partial charge is 0.223 e. The molecule has 1 heterocycles. The van der Waals surface area contributed by atoms with Crippen molar-refractivity contribution in [1.29, 1.82) is 0 Å². The minimum Gasteiger partial charge on any atom is -0.550 e. The maximum atomic E-state index is 12.7. The van der Waals surface area contributed by atoms with Crippen LogP contribution in [-0.4, -0.2) is 29.4 Å². The molecular formula is C20H26NO4-. The predicted molar refractivity (Wildman–Crippen MR) is 91.8 cm³/mol. The largest absolute Gasteiger partial charge is 0.550 e. The zero-order valence-corrected chi connectivity index (χ0v) is 14.8. The molecular weight excluding hydrogens is 318 g/mol. The third-order valence-corrected chi connectivity index (χ3v) is 5.44. The molecule has 0 N–H and O–H groups in total. The van der Waals surface area contributed by atoms with E-state index in [2.05, 4.69) is 0 Å². The van der Waals surface area contributed by atoms with Gasteiger partial charge in [0.05, 0.1) is 12.6 Å². The number of aliphatic carboxylic acids is 1. The Morgan fingerprint density at radius 1 is 1.16 bits per heavy atom. The van der Waals surface area contributed by atoms with Gasteiger partial charge in [-0.2, -0.15) is 0 Å². The molecule has 0 unspecified atom stereocenters. The van der Waals surface area contributed by atoms with Gasteiger partial charge in [-0.3, -0.25) is 4.79 Å². The zero-order valence-electron chi connectivity index (χ0n) is 14.8. The number of piperidine rings is 1. The molecule has 2 atom stereocenters. The van der Waals surface area contributed by atoms with Gasteiger partial charge >= 0.3 is 0 Å². The molecule has 5 heteroatoms. The van der Waals surface area contributed by atoms with E-state index in [1.807, 2.05) is 36.1 Å². The van der Waals surface area contributed by atoms with Gasteiger partial charge in [0.25, 0.3) is 0 Å². The van der Waals surface area contributed by atoms with Crippen molar-refractivity contribution in [2.75, 3.05) is 6.61 Å². The lowest BCUT2D eigenvalue weighted by Crippen LogP contribution is -2.53. The number of likely N-dealkylation sites (tertiary alicyclic amines) is 1. The molecule has 1 amide bonds. The Morgan fingerprint density at radius 3 is 2.44 bits per heavy atom. The van der Waals surface area contributed by atoms with E-state index in [-0.39, 0.29) is 11.9 Å². The Kier molecular flexibility index (Phi) is 5.61. The van der Waals surface area contributed by atoms with Crippen molar-refractivity contribution in [3.63, 3.8) is 0 Å². The Balaban J connectivity index is 1.94. The summed E-state index contributed by atoms with van der Waals surface area (Å²) in [5.41, 5.74) is 0.858. The molecule has 1 saturated carbocycles. The van der Waals surface area contributed by atoms with E-state index in [9.17, 15) is 14.7 Å². The SMILES string of the molecule is CCOc1ccc([C@H]2[C@H](C(=O)[O-])CCC(=O)N2C2CCCCC2)cc1. The number of carboxylic acids is 1. The van der Waals surface area contributed by atoms with E-state index >= 15 is 0 Å². The third kappa shape index (κ3) is 3.80. The van der Waals surface area contributed by atoms with Gasteiger partial charge in [0, 0.05) is 24.3 Å². The van der Waals surface area contributed by atoms with Crippen LogP contribution in [0.15, 0.2) is 24.3 Å². The van der Waals surface area contributed by atoms with Crippen LogP contribution in [-0.2, 0) is 9.59 Å². The molecule has 0 spiro atoms. The maximum Gasteiger partial charge on any atom is 0.223 e. The summed E-state index contributed by atoms with van der Waals surface area (Å²) < 4.78 is 5.48. The molecule has 0 bridgehead atoms. The first kappa shape index (κ1) is 17.8. The average Bonchev–Trinajstić information content (AvgIpc) is 2.63. The van der Waals surface area contributed by atoms with Gasteiger partial charge in [0.15, 0.2) is 0 Å². The fraction of sp³-hybridized carbons (Fsp3) is 0.600. The molecule has 1 aliphatic carbocycles. The summed E-state index contributed by atoms with van der Waals surface area (Å²) in [6.07, 6.45) is 5.94. The topological polar surface area (TPSA) is 69.7 Å². The number of nitrogens with zero attached hydrogens (tertiary/aromatic N) is 1. The normalized spacial score (nSPS) is 25.0. The van der Waals surface area contributed by atoms with Crippen LogP contribution in [0, 0.1) is 5.92 Å². The minimum atomic E-state index is -1.06. The molecule has 5 nitrogen and oxygen atoms in total. The number of amides is 1. The molecule has 0 radical (unpaired) electrons. The van der Waals surface area contributed by atoms with Gasteiger partial charge in [0.1, 0.15) is 5.75 Å². The summed E-state index contributed by atoms with van der Waals surface area (Å²) in [5, 5.41) is 11.8. The number of hydrogen-bond acceptors (Lipinski definition) is 4. The number of carbonyl (C=O) groups is 2. The van der Waals surface area contributed by atoms with Crippen molar-refractivity contribution in [2.24, 2.45) is 5.92 Å². The van der Waals surface area contributed by atoms with Crippen LogP contribution in [0.1, 0.15) is 63.5 Å². The number of carboxylic acid groups (broad SMARTS) is 1. The fourth-order valence-corrected chi connectivity index (χ4v) is 4.27. The Bertz CT molecular complexity index is 607. The van der Waals surface area contributed by atoms with E-state index < -0.39 is 17.9 Å². The van der Waals surface area contributed by atoms with Crippen molar-refractivity contribution in [3.8, 4) is 5.75 Å². The number of hydrogen-bond donors (Lipinski definition) is 0. The minimum absolute atomic E-state index is 0.0725. The summed E-state index contributed by atoms with van der Waals surface area (Å²) in [7, 11) is 0. The van der Waals surface area contributed by atoms with Gasteiger partial charge in [-0.25, -0.2) is 0 Å². The van der Waals surface area contributed by atoms with Crippen molar-refractivity contribution in [2.45, 2.75) is 64.0 Å². The number of carbonyl (C=O) groups excluding carboxylic acids is 2. The molecule has 3 rings (SSSR count). The van der Waals surface area contributed by atoms with Crippen molar-refractivity contribution in [1.82, 2.24) is 4.90 Å². The van der Waals surface area contributed by atoms with E-state index in [0.717, 1.165) is 37.0 Å². The quantitative estimate of drug-likeness (QED) is 0.823. The second-order valence-corrected chi connectivity index (χ2v) is 7.00. The molecule has 2 fully saturated rings. The Hall–Kier alpha value is -2.04. The lowest BCUT2D eigenvalue weighted by Gasteiger charge is -2.47. The van der Waals surface area contributed by atoms with Crippen LogP contribution in [0.5, 0.6) is 5.75 Å². The van der Waals surface area contributed by atoms with E-state index in [1.165, 1.54) is 6.42 Å². The predicted octanol–water partition coefficient (Wildman–Crippen LogP) is 2.45. The van der Waals surface area contributed by atoms with Gasteiger partial charge < -0.3 is 19.5 Å². The Labute approximate surface area is 149 Å². The van der Waals surface area contributed by atoms with E-state index in [1.54, 1.807) is 0 Å². The monoisotopic (exact) mass is 344 g/mol. The number of rotatable bonds is 5. The van der Waals surface area contributed by atoms with Crippen LogP contribution < -0.4 is 9.84 Å². The van der Waals surface area contributed by atoms with Gasteiger partial charge in [-0.05, 0) is 43.9 Å². The number of ether oxygens (including phenoxy) is 1. The summed E-state index contributed by atoms with van der Waals surface area (Å²) in [5.74, 6) is -0.893. The summed E-state index contributed by atoms with van der Waals surface area (Å²) in [4.78, 5) is 26.3. The van der Waals surface area contributed by atoms with Crippen LogP contribution in [0.2, 0.25) is 0 Å². The molecule has 25 heavy (non-hydrogen) atoms. The highest BCUT2D eigenvalue weighted by molar-refractivity contribution is 5.81. The van der Waals surface area contributed by atoms with E-state index in [4.69, 9.17) is 4.74 Å². The highest BCUT2D eigenvalue weighted by Crippen LogP contribution is 2.41. The first-order chi connectivity index (χ1) is 12.1. The second-order valence-electron chi connectivity index (χ2n) is 7.00. The van der Waals surface area contributed by atoms with Crippen LogP contribution in [0.4, 0.5) is 0 Å². The summed E-state index contributed by atoms with van der Waals surface area (Å²) in [6.45, 7) is 2.50. The molecule has 1 aromatic rings. The zero-order chi connectivity index (χ0) is 17.8. The van der Waals surface area contributed by atoms with Crippen LogP contribution in [0.25, 0.3) is 0 Å². The van der Waals surface area contributed by atoms with Crippen molar-refractivity contribution in [3.05, 3.63) is 29.8 Å². The molecule has 1 aliphatic heterocycles. The summed E-state index contributed by atoms with van der Waals surface area (Å²) >= 11 is 0. The Morgan fingerprint density at radius 2 is 1.84 bits per heavy atom. The average molecular weight is 344 g/mol. The van der Waals surface area contributed by atoms with Gasteiger partial charge in [-0.15, -0.1) is 0 Å². The molecule has 1 saturated heterocycles. The molecule has 0 aromatic heterocycles. The highest BCUT2D eigenvalue weighted by Gasteiger charge is 2.41. The molecule has 1 aromatic carbocycles. The fourth-order valence-electron chi connectivity index (χ4n) is 4.27. The maximum absolute atomic E-state index is 12.7. The molecule has 136 valence electrons. The first-order valence-electron chi connectivity index (χ1n) is 9.36. The third-order valence-electron chi connectivity index (χ3n) is 5.44. The van der Waals surface area contributed by atoms with E-state index in [0.29, 0.717) is 19.4 Å². The molecule has 2 aliphatic rings. The highest BCUT2D eigenvalue weighted by atomic mass is 16.5. The lowest BCUT2D eigenvalue weighted by molar-refractivity contribution is -0.314. The second kappa shape index (κ2) is 7.89. The van der Waals surface area contributed by atoms with Crippen molar-refractivity contribution < 1.29 is 19.4 Å². The first-order valence-corrected chi connectivity index (χ1v) is 9.36. The van der Waals surface area contributed by atoms with Crippen LogP contribution >= 0.6 is 0 Å². The lowest BCUT2D eigenvalue weighted by atomic mass is 9.81. The van der Waals surface area contributed by atoms with Gasteiger partial charge in [0.2, 0.25) is 5.91 Å². The van der Waals surface area contributed by atoms with Gasteiger partial charge in [-0.1, -0.05) is 31.4 Å².